The third-order valence-corrected chi connectivity index (χ3v) is 4.10. The van der Waals surface area contributed by atoms with E-state index in [0.29, 0.717) is 36.5 Å². The molecule has 1 fully saturated rings. The van der Waals surface area contributed by atoms with Gasteiger partial charge in [0.05, 0.1) is 28.7 Å². The average Bonchev–Trinajstić information content (AvgIpc) is 3.32. The maximum Gasteiger partial charge on any atom is 0.416 e. The van der Waals surface area contributed by atoms with E-state index in [0.717, 1.165) is 25.0 Å². The smallest absolute Gasteiger partial charge is 0.352 e. The summed E-state index contributed by atoms with van der Waals surface area (Å²) < 4.78 is 40.3. The Hall–Kier alpha value is -2.35. The second-order valence-corrected chi connectivity index (χ2v) is 6.08. The molecule has 0 bridgehead atoms. The molecule has 3 N–H and O–H groups in total. The number of benzene rings is 1. The van der Waals surface area contributed by atoms with Crippen LogP contribution in [0.2, 0.25) is 0 Å². The van der Waals surface area contributed by atoms with Gasteiger partial charge >= 0.3 is 6.18 Å². The van der Waals surface area contributed by atoms with Gasteiger partial charge in [-0.25, -0.2) is 4.68 Å². The lowest BCUT2D eigenvalue weighted by Gasteiger charge is -2.12. The van der Waals surface area contributed by atoms with Gasteiger partial charge in [0.15, 0.2) is 0 Å². The number of nitrogens with one attached hydrogen (secondary N) is 1. The molecule has 0 spiro atoms. The van der Waals surface area contributed by atoms with E-state index >= 15 is 0 Å². The second kappa shape index (κ2) is 6.87. The largest absolute Gasteiger partial charge is 0.416 e. The Labute approximate surface area is 143 Å². The number of rotatable bonds is 6. The van der Waals surface area contributed by atoms with Crippen LogP contribution >= 0.6 is 0 Å². The van der Waals surface area contributed by atoms with Crippen molar-refractivity contribution in [2.24, 2.45) is 5.73 Å². The van der Waals surface area contributed by atoms with Gasteiger partial charge in [-0.1, -0.05) is 6.07 Å². The first-order valence-corrected chi connectivity index (χ1v) is 8.15. The Morgan fingerprint density at radius 1 is 1.36 bits per heavy atom. The number of carbonyl (C=O) groups excluding carboxylic acids is 1. The summed E-state index contributed by atoms with van der Waals surface area (Å²) in [7, 11) is 0. The summed E-state index contributed by atoms with van der Waals surface area (Å²) in [6.07, 6.45) is -0.551. The molecule has 0 unspecified atom stereocenters. The predicted molar refractivity (Wildman–Crippen MR) is 86.5 cm³/mol. The molecule has 1 aromatic heterocycles. The number of nitrogens with zero attached hydrogens (tertiary/aromatic N) is 2. The summed E-state index contributed by atoms with van der Waals surface area (Å²) in [5.41, 5.74) is 6.06. The zero-order valence-corrected chi connectivity index (χ0v) is 13.5. The van der Waals surface area contributed by atoms with Gasteiger partial charge in [0.25, 0.3) is 5.91 Å². The topological polar surface area (TPSA) is 72.9 Å². The van der Waals surface area contributed by atoms with Gasteiger partial charge in [-0.15, -0.1) is 0 Å². The number of amides is 1. The van der Waals surface area contributed by atoms with Crippen LogP contribution in [0, 0.1) is 0 Å². The molecular formula is C17H19F3N4O. The number of hydrogen-bond acceptors (Lipinski definition) is 3. The van der Waals surface area contributed by atoms with Gasteiger partial charge in [0.1, 0.15) is 0 Å². The Bertz CT molecular complexity index is 765. The van der Waals surface area contributed by atoms with Crippen molar-refractivity contribution in [1.82, 2.24) is 15.1 Å². The first-order chi connectivity index (χ1) is 11.9. The molecule has 8 heteroatoms. The third-order valence-electron chi connectivity index (χ3n) is 4.10. The second-order valence-electron chi connectivity index (χ2n) is 6.08. The average molecular weight is 352 g/mol. The zero-order chi connectivity index (χ0) is 18.0. The van der Waals surface area contributed by atoms with E-state index in [9.17, 15) is 18.0 Å². The summed E-state index contributed by atoms with van der Waals surface area (Å²) in [5, 5.41) is 6.96. The minimum Gasteiger partial charge on any atom is -0.352 e. The molecule has 3 rings (SSSR count). The van der Waals surface area contributed by atoms with E-state index in [1.165, 1.54) is 16.9 Å². The molecule has 1 heterocycles. The summed E-state index contributed by atoms with van der Waals surface area (Å²) in [6, 6.07) is 4.97. The number of alkyl halides is 3. The van der Waals surface area contributed by atoms with Crippen molar-refractivity contribution < 1.29 is 18.0 Å². The molecule has 2 aromatic rings. The Morgan fingerprint density at radius 2 is 2.12 bits per heavy atom. The maximum atomic E-state index is 13.0. The van der Waals surface area contributed by atoms with E-state index in [1.807, 2.05) is 0 Å². The predicted octanol–water partition coefficient (Wildman–Crippen LogP) is 2.85. The van der Waals surface area contributed by atoms with Crippen LogP contribution in [0.4, 0.5) is 13.2 Å². The first-order valence-electron chi connectivity index (χ1n) is 8.15. The van der Waals surface area contributed by atoms with Crippen LogP contribution in [-0.4, -0.2) is 28.8 Å². The monoisotopic (exact) mass is 352 g/mol. The van der Waals surface area contributed by atoms with Gasteiger partial charge in [0, 0.05) is 12.5 Å². The van der Waals surface area contributed by atoms with Crippen LogP contribution in [0.25, 0.3) is 5.69 Å². The van der Waals surface area contributed by atoms with Crippen molar-refractivity contribution >= 4 is 5.91 Å². The molecule has 1 aliphatic rings. The van der Waals surface area contributed by atoms with E-state index in [4.69, 9.17) is 5.73 Å². The molecule has 0 atom stereocenters. The molecule has 0 saturated heterocycles. The lowest BCUT2D eigenvalue weighted by molar-refractivity contribution is -0.137. The van der Waals surface area contributed by atoms with E-state index in [2.05, 4.69) is 10.4 Å². The van der Waals surface area contributed by atoms with Crippen molar-refractivity contribution in [3.63, 3.8) is 0 Å². The molecule has 1 aromatic carbocycles. The minimum absolute atomic E-state index is 0.146. The van der Waals surface area contributed by atoms with Gasteiger partial charge in [-0.05, 0) is 44.0 Å². The van der Waals surface area contributed by atoms with Gasteiger partial charge in [-0.2, -0.15) is 18.3 Å². The Morgan fingerprint density at radius 3 is 2.76 bits per heavy atom. The number of aromatic nitrogens is 2. The third kappa shape index (κ3) is 3.84. The fraction of sp³-hybridized carbons (Fsp3) is 0.412. The Kier molecular flexibility index (Phi) is 4.80. The van der Waals surface area contributed by atoms with Crippen molar-refractivity contribution in [3.8, 4) is 5.69 Å². The van der Waals surface area contributed by atoms with Crippen LogP contribution in [0.3, 0.4) is 0 Å². The fourth-order valence-corrected chi connectivity index (χ4v) is 2.70. The first kappa shape index (κ1) is 17.5. The molecule has 0 aliphatic heterocycles. The lowest BCUT2D eigenvalue weighted by atomic mass is 10.1. The SMILES string of the molecule is NCCCNC(=O)c1cnn(-c2cccc(C(F)(F)F)c2)c1C1CC1. The van der Waals surface area contributed by atoms with Crippen molar-refractivity contribution in [2.45, 2.75) is 31.4 Å². The van der Waals surface area contributed by atoms with Crippen LogP contribution in [0.15, 0.2) is 30.5 Å². The van der Waals surface area contributed by atoms with E-state index in [1.54, 1.807) is 6.07 Å². The Balaban J connectivity index is 1.94. The minimum atomic E-state index is -4.43. The summed E-state index contributed by atoms with van der Waals surface area (Å²) in [6.45, 7) is 0.924. The molecule has 1 saturated carbocycles. The summed E-state index contributed by atoms with van der Waals surface area (Å²) in [4.78, 5) is 12.4. The maximum absolute atomic E-state index is 13.0. The number of halogens is 3. The van der Waals surface area contributed by atoms with Crippen LogP contribution < -0.4 is 11.1 Å². The number of nitrogens with two attached hydrogens (primary N) is 1. The van der Waals surface area contributed by atoms with Crippen molar-refractivity contribution in [1.29, 1.82) is 0 Å². The molecule has 5 nitrogen and oxygen atoms in total. The molecule has 0 radical (unpaired) electrons. The highest BCUT2D eigenvalue weighted by molar-refractivity contribution is 5.95. The quantitative estimate of drug-likeness (QED) is 0.785. The molecule has 1 amide bonds. The highest BCUT2D eigenvalue weighted by Crippen LogP contribution is 2.42. The van der Waals surface area contributed by atoms with Gasteiger partial charge in [0.2, 0.25) is 0 Å². The number of hydrogen-bond donors (Lipinski definition) is 2. The molecule has 25 heavy (non-hydrogen) atoms. The van der Waals surface area contributed by atoms with Gasteiger partial charge in [-0.3, -0.25) is 4.79 Å². The van der Waals surface area contributed by atoms with Crippen LogP contribution in [0.1, 0.15) is 46.8 Å². The van der Waals surface area contributed by atoms with Crippen LogP contribution in [-0.2, 0) is 6.18 Å². The molecular weight excluding hydrogens is 333 g/mol. The van der Waals surface area contributed by atoms with Crippen molar-refractivity contribution in [3.05, 3.63) is 47.3 Å². The van der Waals surface area contributed by atoms with Crippen LogP contribution in [0.5, 0.6) is 0 Å². The highest BCUT2D eigenvalue weighted by atomic mass is 19.4. The van der Waals surface area contributed by atoms with E-state index in [-0.39, 0.29) is 11.8 Å². The summed E-state index contributed by atoms with van der Waals surface area (Å²) >= 11 is 0. The number of carbonyl (C=O) groups is 1. The molecule has 134 valence electrons. The summed E-state index contributed by atoms with van der Waals surface area (Å²) in [5.74, 6) is -0.124. The molecule has 1 aliphatic carbocycles. The van der Waals surface area contributed by atoms with Gasteiger partial charge < -0.3 is 11.1 Å². The zero-order valence-electron chi connectivity index (χ0n) is 13.5. The highest BCUT2D eigenvalue weighted by Gasteiger charge is 2.34. The standard InChI is InChI=1S/C17H19F3N4O/c18-17(19,20)12-3-1-4-13(9-12)24-15(11-5-6-11)14(10-23-24)16(25)22-8-2-7-21/h1,3-4,9-11H,2,5-8,21H2,(H,22,25). The fourth-order valence-electron chi connectivity index (χ4n) is 2.70. The lowest BCUT2D eigenvalue weighted by Crippen LogP contribution is -2.26. The normalized spacial score (nSPS) is 14.6. The van der Waals surface area contributed by atoms with Crippen molar-refractivity contribution in [2.75, 3.05) is 13.1 Å². The van der Waals surface area contributed by atoms with E-state index < -0.39 is 11.7 Å².